The molecule has 110 valence electrons. The second kappa shape index (κ2) is 8.29. The summed E-state index contributed by atoms with van der Waals surface area (Å²) in [4.78, 5) is 23.0. The first-order chi connectivity index (χ1) is 9.51. The van der Waals surface area contributed by atoms with Crippen LogP contribution in [0.4, 0.5) is 11.4 Å². The predicted octanol–water partition coefficient (Wildman–Crippen LogP) is 1.63. The van der Waals surface area contributed by atoms with Gasteiger partial charge >= 0.3 is 0 Å². The molecule has 0 unspecified atom stereocenters. The van der Waals surface area contributed by atoms with E-state index in [1.807, 2.05) is 13.8 Å². The van der Waals surface area contributed by atoms with Gasteiger partial charge in [-0.05, 0) is 32.0 Å². The molecule has 0 saturated heterocycles. The molecule has 0 aliphatic rings. The third-order valence-corrected chi connectivity index (χ3v) is 2.25. The molecule has 0 heterocycles. The summed E-state index contributed by atoms with van der Waals surface area (Å²) in [6.07, 6.45) is 0.000385. The van der Waals surface area contributed by atoms with Crippen LogP contribution in [0.15, 0.2) is 24.3 Å². The summed E-state index contributed by atoms with van der Waals surface area (Å²) in [5, 5.41) is 5.36. The van der Waals surface area contributed by atoms with Crippen molar-refractivity contribution in [3.63, 3.8) is 0 Å². The standard InChI is InChI=1S/C14H20N2O4/c1-10(2)20-9-14(18)16-12-6-4-5-11(7-12)15-13(17)8-19-3/h4-7,10H,8-9H2,1-3H3,(H,15,17)(H,16,18). The lowest BCUT2D eigenvalue weighted by Crippen LogP contribution is -2.21. The van der Waals surface area contributed by atoms with Crippen LogP contribution in [0.1, 0.15) is 13.8 Å². The van der Waals surface area contributed by atoms with Crippen LogP contribution < -0.4 is 10.6 Å². The smallest absolute Gasteiger partial charge is 0.250 e. The lowest BCUT2D eigenvalue weighted by atomic mass is 10.2. The second-order valence-corrected chi connectivity index (χ2v) is 4.47. The van der Waals surface area contributed by atoms with Gasteiger partial charge in [0.25, 0.3) is 0 Å². The van der Waals surface area contributed by atoms with E-state index in [2.05, 4.69) is 10.6 Å². The summed E-state index contributed by atoms with van der Waals surface area (Å²) in [6, 6.07) is 6.87. The number of carbonyl (C=O) groups excluding carboxylic acids is 2. The molecular formula is C14H20N2O4. The monoisotopic (exact) mass is 280 g/mol. The van der Waals surface area contributed by atoms with Crippen molar-refractivity contribution >= 4 is 23.2 Å². The molecule has 0 bridgehead atoms. The van der Waals surface area contributed by atoms with Crippen molar-refractivity contribution < 1.29 is 19.1 Å². The Balaban J connectivity index is 2.55. The van der Waals surface area contributed by atoms with E-state index in [0.717, 1.165) is 0 Å². The largest absolute Gasteiger partial charge is 0.375 e. The Morgan fingerprint density at radius 2 is 1.65 bits per heavy atom. The number of rotatable bonds is 7. The van der Waals surface area contributed by atoms with Crippen LogP contribution in [-0.2, 0) is 19.1 Å². The first-order valence-corrected chi connectivity index (χ1v) is 6.31. The highest BCUT2D eigenvalue weighted by Crippen LogP contribution is 2.15. The van der Waals surface area contributed by atoms with Crippen LogP contribution in [0.2, 0.25) is 0 Å². The van der Waals surface area contributed by atoms with Gasteiger partial charge in [-0.1, -0.05) is 6.07 Å². The first kappa shape index (κ1) is 16.1. The van der Waals surface area contributed by atoms with Gasteiger partial charge in [0.1, 0.15) is 13.2 Å². The van der Waals surface area contributed by atoms with Crippen molar-refractivity contribution in [2.45, 2.75) is 20.0 Å². The average Bonchev–Trinajstić information content (AvgIpc) is 2.37. The zero-order valence-corrected chi connectivity index (χ0v) is 11.9. The third-order valence-electron chi connectivity index (χ3n) is 2.25. The molecule has 0 aliphatic carbocycles. The van der Waals surface area contributed by atoms with Crippen molar-refractivity contribution in [1.82, 2.24) is 0 Å². The highest BCUT2D eigenvalue weighted by molar-refractivity contribution is 5.94. The molecule has 0 spiro atoms. The maximum absolute atomic E-state index is 11.6. The van der Waals surface area contributed by atoms with Gasteiger partial charge in [0, 0.05) is 18.5 Å². The van der Waals surface area contributed by atoms with Gasteiger partial charge in [0.05, 0.1) is 6.10 Å². The van der Waals surface area contributed by atoms with Crippen LogP contribution in [0.3, 0.4) is 0 Å². The van der Waals surface area contributed by atoms with E-state index in [0.29, 0.717) is 11.4 Å². The fraction of sp³-hybridized carbons (Fsp3) is 0.429. The number of benzene rings is 1. The molecule has 0 atom stereocenters. The van der Waals surface area contributed by atoms with Gasteiger partial charge in [-0.3, -0.25) is 9.59 Å². The molecule has 6 heteroatoms. The fourth-order valence-electron chi connectivity index (χ4n) is 1.44. The van der Waals surface area contributed by atoms with Crippen LogP contribution >= 0.6 is 0 Å². The molecule has 1 rings (SSSR count). The second-order valence-electron chi connectivity index (χ2n) is 4.47. The topological polar surface area (TPSA) is 76.7 Å². The van der Waals surface area contributed by atoms with Gasteiger partial charge < -0.3 is 20.1 Å². The quantitative estimate of drug-likeness (QED) is 0.796. The Bertz CT molecular complexity index is 460. The molecule has 0 aliphatic heterocycles. The van der Waals surface area contributed by atoms with Crippen LogP contribution in [-0.4, -0.2) is 38.2 Å². The summed E-state index contributed by atoms with van der Waals surface area (Å²) in [5.41, 5.74) is 1.19. The number of carbonyl (C=O) groups is 2. The number of hydrogen-bond acceptors (Lipinski definition) is 4. The van der Waals surface area contributed by atoms with Crippen molar-refractivity contribution in [3.05, 3.63) is 24.3 Å². The van der Waals surface area contributed by atoms with E-state index in [1.165, 1.54) is 7.11 Å². The maximum Gasteiger partial charge on any atom is 0.250 e. The van der Waals surface area contributed by atoms with E-state index in [9.17, 15) is 9.59 Å². The normalized spacial score (nSPS) is 10.4. The molecule has 6 nitrogen and oxygen atoms in total. The fourth-order valence-corrected chi connectivity index (χ4v) is 1.44. The molecule has 1 aromatic rings. The van der Waals surface area contributed by atoms with Crippen molar-refractivity contribution in [1.29, 1.82) is 0 Å². The molecule has 1 aromatic carbocycles. The SMILES string of the molecule is COCC(=O)Nc1cccc(NC(=O)COC(C)C)c1. The lowest BCUT2D eigenvalue weighted by Gasteiger charge is -2.10. The predicted molar refractivity (Wildman–Crippen MR) is 76.7 cm³/mol. The van der Waals surface area contributed by atoms with E-state index in [1.54, 1.807) is 24.3 Å². The summed E-state index contributed by atoms with van der Waals surface area (Å²) >= 11 is 0. The number of nitrogens with one attached hydrogen (secondary N) is 2. The highest BCUT2D eigenvalue weighted by Gasteiger charge is 2.06. The van der Waals surface area contributed by atoms with E-state index in [4.69, 9.17) is 9.47 Å². The van der Waals surface area contributed by atoms with E-state index in [-0.39, 0.29) is 31.1 Å². The van der Waals surface area contributed by atoms with Crippen molar-refractivity contribution in [2.24, 2.45) is 0 Å². The molecule has 0 radical (unpaired) electrons. The molecule has 2 amide bonds. The molecule has 0 saturated carbocycles. The van der Waals surface area contributed by atoms with Gasteiger partial charge in [0.15, 0.2) is 0 Å². The van der Waals surface area contributed by atoms with Crippen LogP contribution in [0.25, 0.3) is 0 Å². The van der Waals surface area contributed by atoms with Gasteiger partial charge in [-0.2, -0.15) is 0 Å². The van der Waals surface area contributed by atoms with Crippen LogP contribution in [0.5, 0.6) is 0 Å². The molecular weight excluding hydrogens is 260 g/mol. The van der Waals surface area contributed by atoms with Crippen molar-refractivity contribution in [3.8, 4) is 0 Å². The van der Waals surface area contributed by atoms with Gasteiger partial charge in [-0.15, -0.1) is 0 Å². The average molecular weight is 280 g/mol. The Hall–Kier alpha value is -1.92. The lowest BCUT2D eigenvalue weighted by molar-refractivity contribution is -0.122. The van der Waals surface area contributed by atoms with E-state index < -0.39 is 0 Å². The summed E-state index contributed by atoms with van der Waals surface area (Å²) in [7, 11) is 1.45. The molecule has 2 N–H and O–H groups in total. The Morgan fingerprint density at radius 1 is 1.10 bits per heavy atom. The summed E-state index contributed by atoms with van der Waals surface area (Å²) in [5.74, 6) is -0.488. The van der Waals surface area contributed by atoms with E-state index >= 15 is 0 Å². The van der Waals surface area contributed by atoms with Gasteiger partial charge in [0.2, 0.25) is 11.8 Å². The summed E-state index contributed by atoms with van der Waals surface area (Å²) in [6.45, 7) is 3.70. The first-order valence-electron chi connectivity index (χ1n) is 6.31. The van der Waals surface area contributed by atoms with Crippen molar-refractivity contribution in [2.75, 3.05) is 31.0 Å². The molecule has 0 aromatic heterocycles. The summed E-state index contributed by atoms with van der Waals surface area (Å²) < 4.78 is 9.93. The number of anilines is 2. The molecule has 0 fully saturated rings. The zero-order valence-electron chi connectivity index (χ0n) is 11.9. The Kier molecular flexibility index (Phi) is 6.69. The number of amides is 2. The number of ether oxygens (including phenoxy) is 2. The minimum Gasteiger partial charge on any atom is -0.375 e. The van der Waals surface area contributed by atoms with Gasteiger partial charge in [-0.25, -0.2) is 0 Å². The Morgan fingerprint density at radius 3 is 2.15 bits per heavy atom. The van der Waals surface area contributed by atoms with Crippen LogP contribution in [0, 0.1) is 0 Å². The minimum absolute atomic E-state index is 0.000385. The number of methoxy groups -OCH3 is 1. The highest BCUT2D eigenvalue weighted by atomic mass is 16.5. The Labute approximate surface area is 118 Å². The number of hydrogen-bond donors (Lipinski definition) is 2. The third kappa shape index (κ3) is 6.31. The zero-order chi connectivity index (χ0) is 15.0. The minimum atomic E-state index is -0.251. The molecule has 20 heavy (non-hydrogen) atoms. The maximum atomic E-state index is 11.6.